The van der Waals surface area contributed by atoms with Gasteiger partial charge in [-0.05, 0) is 42.3 Å². The fourth-order valence-electron chi connectivity index (χ4n) is 2.47. The number of rotatable bonds is 7. The third-order valence-corrected chi connectivity index (χ3v) is 3.46. The lowest BCUT2D eigenvalue weighted by molar-refractivity contribution is -0.138. The lowest BCUT2D eigenvalue weighted by atomic mass is 10.1. The van der Waals surface area contributed by atoms with Crippen molar-refractivity contribution in [3.63, 3.8) is 0 Å². The van der Waals surface area contributed by atoms with Crippen LogP contribution in [0.2, 0.25) is 0 Å². The summed E-state index contributed by atoms with van der Waals surface area (Å²) in [6.45, 7) is 5.77. The first kappa shape index (κ1) is 13.9. The lowest BCUT2D eigenvalue weighted by Crippen LogP contribution is -2.24. The van der Waals surface area contributed by atoms with Gasteiger partial charge in [0.25, 0.3) is 0 Å². The molecular weight excluding hydrogens is 246 g/mol. The molecule has 1 aromatic heterocycles. The summed E-state index contributed by atoms with van der Waals surface area (Å²) in [6.07, 6.45) is 3.53. The van der Waals surface area contributed by atoms with Crippen molar-refractivity contribution < 1.29 is 9.90 Å². The normalized spacial score (nSPS) is 17.7. The van der Waals surface area contributed by atoms with Gasteiger partial charge in [0.05, 0.1) is 0 Å². The Balaban J connectivity index is 1.84. The van der Waals surface area contributed by atoms with Crippen LogP contribution in [0, 0.1) is 5.92 Å². The van der Waals surface area contributed by atoms with Crippen molar-refractivity contribution >= 4 is 5.97 Å². The molecule has 2 rings (SSSR count). The first-order valence-corrected chi connectivity index (χ1v) is 6.84. The Bertz CT molecular complexity index is 414. The van der Waals surface area contributed by atoms with Crippen molar-refractivity contribution in [3.8, 4) is 0 Å². The summed E-state index contributed by atoms with van der Waals surface area (Å²) in [5.41, 5.74) is 0. The maximum absolute atomic E-state index is 10.7. The fourth-order valence-corrected chi connectivity index (χ4v) is 2.47. The van der Waals surface area contributed by atoms with E-state index in [0.29, 0.717) is 6.54 Å². The van der Waals surface area contributed by atoms with Crippen molar-refractivity contribution in [1.82, 2.24) is 25.1 Å². The highest BCUT2D eigenvalue weighted by molar-refractivity contribution is 5.66. The second kappa shape index (κ2) is 6.60. The van der Waals surface area contributed by atoms with Gasteiger partial charge in [0, 0.05) is 25.9 Å². The first-order chi connectivity index (χ1) is 9.15. The lowest BCUT2D eigenvalue weighted by Gasteiger charge is -2.14. The molecule has 2 heterocycles. The molecule has 1 aromatic rings. The van der Waals surface area contributed by atoms with Crippen LogP contribution in [0.5, 0.6) is 0 Å². The van der Waals surface area contributed by atoms with Crippen LogP contribution >= 0.6 is 0 Å². The van der Waals surface area contributed by atoms with E-state index in [4.69, 9.17) is 5.11 Å². The van der Waals surface area contributed by atoms with E-state index in [0.717, 1.165) is 31.9 Å². The predicted molar refractivity (Wildman–Crippen MR) is 68.6 cm³/mol. The number of carboxylic acid groups (broad SMARTS) is 1. The molecule has 1 saturated heterocycles. The molecule has 0 saturated carbocycles. The molecular formula is C12H21N5O2. The van der Waals surface area contributed by atoms with E-state index < -0.39 is 5.97 Å². The number of aliphatic carboxylic acids is 1. The van der Waals surface area contributed by atoms with Crippen molar-refractivity contribution in [1.29, 1.82) is 0 Å². The average Bonchev–Trinajstić information content (AvgIpc) is 2.96. The molecule has 0 bridgehead atoms. The average molecular weight is 267 g/mol. The number of nitrogens with zero attached hydrogens (tertiary/aromatic N) is 5. The van der Waals surface area contributed by atoms with Crippen molar-refractivity contribution in [3.05, 3.63) is 5.82 Å². The number of carboxylic acids is 1. The SMILES string of the molecule is CC(CC(=O)O)Cn1nnnc1CCN1CCCC1. The number of likely N-dealkylation sites (tertiary alicyclic amines) is 1. The van der Waals surface area contributed by atoms with Crippen molar-refractivity contribution in [2.45, 2.75) is 39.2 Å². The molecule has 19 heavy (non-hydrogen) atoms. The van der Waals surface area contributed by atoms with Gasteiger partial charge in [-0.15, -0.1) is 5.10 Å². The van der Waals surface area contributed by atoms with Gasteiger partial charge < -0.3 is 10.0 Å². The zero-order valence-corrected chi connectivity index (χ0v) is 11.3. The van der Waals surface area contributed by atoms with Crippen molar-refractivity contribution in [2.24, 2.45) is 5.92 Å². The van der Waals surface area contributed by atoms with E-state index in [-0.39, 0.29) is 12.3 Å². The predicted octanol–water partition coefficient (Wildman–Crippen LogP) is 0.422. The molecule has 1 aliphatic heterocycles. The molecule has 0 aromatic carbocycles. The highest BCUT2D eigenvalue weighted by atomic mass is 16.4. The monoisotopic (exact) mass is 267 g/mol. The van der Waals surface area contributed by atoms with Gasteiger partial charge in [-0.1, -0.05) is 6.92 Å². The van der Waals surface area contributed by atoms with Crippen LogP contribution in [0.25, 0.3) is 0 Å². The third kappa shape index (κ3) is 4.27. The minimum absolute atomic E-state index is 0.0338. The Hall–Kier alpha value is -1.50. The van der Waals surface area contributed by atoms with Gasteiger partial charge in [-0.25, -0.2) is 4.68 Å². The van der Waals surface area contributed by atoms with Gasteiger partial charge >= 0.3 is 5.97 Å². The summed E-state index contributed by atoms with van der Waals surface area (Å²) in [5, 5.41) is 20.4. The molecule has 1 unspecified atom stereocenters. The van der Waals surface area contributed by atoms with Gasteiger partial charge in [-0.3, -0.25) is 4.79 Å². The smallest absolute Gasteiger partial charge is 0.303 e. The van der Waals surface area contributed by atoms with E-state index in [1.165, 1.54) is 12.8 Å². The van der Waals surface area contributed by atoms with Crippen LogP contribution in [-0.2, 0) is 17.8 Å². The number of carbonyl (C=O) groups is 1. The largest absolute Gasteiger partial charge is 0.481 e. The maximum Gasteiger partial charge on any atom is 0.303 e. The molecule has 106 valence electrons. The van der Waals surface area contributed by atoms with Crippen LogP contribution < -0.4 is 0 Å². The maximum atomic E-state index is 10.7. The molecule has 1 aliphatic rings. The Labute approximate surface area is 112 Å². The topological polar surface area (TPSA) is 84.1 Å². The molecule has 1 N–H and O–H groups in total. The Morgan fingerprint density at radius 3 is 2.84 bits per heavy atom. The summed E-state index contributed by atoms with van der Waals surface area (Å²) in [6, 6.07) is 0. The fraction of sp³-hybridized carbons (Fsp3) is 0.833. The van der Waals surface area contributed by atoms with Gasteiger partial charge in [0.1, 0.15) is 0 Å². The zero-order valence-electron chi connectivity index (χ0n) is 11.3. The highest BCUT2D eigenvalue weighted by Gasteiger charge is 2.15. The third-order valence-electron chi connectivity index (χ3n) is 3.46. The van der Waals surface area contributed by atoms with Crippen molar-refractivity contribution in [2.75, 3.05) is 19.6 Å². The molecule has 7 nitrogen and oxygen atoms in total. The van der Waals surface area contributed by atoms with Gasteiger partial charge in [0.15, 0.2) is 5.82 Å². The molecule has 1 fully saturated rings. The second-order valence-electron chi connectivity index (χ2n) is 5.28. The van der Waals surface area contributed by atoms with E-state index in [2.05, 4.69) is 20.4 Å². The number of tetrazole rings is 1. The minimum Gasteiger partial charge on any atom is -0.481 e. The Kier molecular flexibility index (Phi) is 4.84. The zero-order chi connectivity index (χ0) is 13.7. The van der Waals surface area contributed by atoms with Gasteiger partial charge in [0.2, 0.25) is 0 Å². The second-order valence-corrected chi connectivity index (χ2v) is 5.28. The van der Waals surface area contributed by atoms with Crippen LogP contribution in [0.15, 0.2) is 0 Å². The molecule has 0 aliphatic carbocycles. The van der Waals surface area contributed by atoms with Gasteiger partial charge in [-0.2, -0.15) is 0 Å². The standard InChI is InChI=1S/C12H21N5O2/c1-10(8-12(18)19)9-17-11(13-14-15-17)4-7-16-5-2-3-6-16/h10H,2-9H2,1H3,(H,18,19). The highest BCUT2D eigenvalue weighted by Crippen LogP contribution is 2.10. The summed E-state index contributed by atoms with van der Waals surface area (Å²) < 4.78 is 1.74. The summed E-state index contributed by atoms with van der Waals surface area (Å²) in [7, 11) is 0. The Morgan fingerprint density at radius 2 is 2.16 bits per heavy atom. The van der Waals surface area contributed by atoms with Crippen LogP contribution in [0.1, 0.15) is 32.0 Å². The molecule has 7 heteroatoms. The van der Waals surface area contributed by atoms with Crippen LogP contribution in [-0.4, -0.2) is 55.8 Å². The minimum atomic E-state index is -0.779. The summed E-state index contributed by atoms with van der Waals surface area (Å²) >= 11 is 0. The number of aromatic nitrogens is 4. The quantitative estimate of drug-likeness (QED) is 0.771. The van der Waals surface area contributed by atoms with E-state index in [1.54, 1.807) is 4.68 Å². The number of hydrogen-bond acceptors (Lipinski definition) is 5. The molecule has 0 spiro atoms. The Morgan fingerprint density at radius 1 is 1.42 bits per heavy atom. The first-order valence-electron chi connectivity index (χ1n) is 6.84. The molecule has 0 radical (unpaired) electrons. The summed E-state index contributed by atoms with van der Waals surface area (Å²) in [4.78, 5) is 13.1. The molecule has 1 atom stereocenters. The molecule has 0 amide bonds. The van der Waals surface area contributed by atoms with Crippen LogP contribution in [0.3, 0.4) is 0 Å². The number of hydrogen-bond donors (Lipinski definition) is 1. The van der Waals surface area contributed by atoms with E-state index >= 15 is 0 Å². The summed E-state index contributed by atoms with van der Waals surface area (Å²) in [5.74, 6) is 0.106. The van der Waals surface area contributed by atoms with Crippen LogP contribution in [0.4, 0.5) is 0 Å². The van der Waals surface area contributed by atoms with E-state index in [9.17, 15) is 4.79 Å². The van der Waals surface area contributed by atoms with E-state index in [1.807, 2.05) is 6.92 Å².